The fourth-order valence-electron chi connectivity index (χ4n) is 1.47. The second-order valence-corrected chi connectivity index (χ2v) is 3.09. The third-order valence-electron chi connectivity index (χ3n) is 2.16. The number of nitrogens with one attached hydrogen (secondary N) is 1. The third-order valence-corrected chi connectivity index (χ3v) is 2.16. The summed E-state index contributed by atoms with van der Waals surface area (Å²) < 4.78 is 1.81. The molecule has 0 unspecified atom stereocenters. The summed E-state index contributed by atoms with van der Waals surface area (Å²) in [5, 5.41) is 12.2. The molecule has 0 spiro atoms. The van der Waals surface area contributed by atoms with Crippen LogP contribution < -0.4 is 0 Å². The number of rotatable bonds is 1. The maximum Gasteiger partial charge on any atom is 0.102 e. The van der Waals surface area contributed by atoms with Crippen LogP contribution in [0.3, 0.4) is 0 Å². The van der Waals surface area contributed by atoms with Crippen LogP contribution in [0.4, 0.5) is 0 Å². The number of H-pyrrole nitrogens is 1. The largest absolute Gasteiger partial charge is 0.283 e. The van der Waals surface area contributed by atoms with E-state index in [9.17, 15) is 0 Å². The first-order valence-corrected chi connectivity index (χ1v) is 4.37. The quantitative estimate of drug-likeness (QED) is 0.626. The number of nitrogens with zero attached hydrogens (tertiary/aromatic N) is 3. The Hall–Kier alpha value is -2.10. The molecule has 0 saturated carbocycles. The van der Waals surface area contributed by atoms with Crippen LogP contribution in [0.25, 0.3) is 16.6 Å². The number of benzene rings is 1. The highest BCUT2D eigenvalue weighted by Gasteiger charge is 2.01. The molecule has 0 aliphatic carbocycles. The van der Waals surface area contributed by atoms with Gasteiger partial charge >= 0.3 is 0 Å². The minimum Gasteiger partial charge on any atom is -0.283 e. The van der Waals surface area contributed by atoms with E-state index < -0.39 is 0 Å². The molecule has 4 nitrogen and oxygen atoms in total. The van der Waals surface area contributed by atoms with Gasteiger partial charge in [-0.3, -0.25) is 5.10 Å². The average molecular weight is 184 g/mol. The fourth-order valence-corrected chi connectivity index (χ4v) is 1.47. The molecule has 3 rings (SSSR count). The Morgan fingerprint density at radius 2 is 2.14 bits per heavy atom. The molecule has 68 valence electrons. The summed E-state index contributed by atoms with van der Waals surface area (Å²) in [4.78, 5) is 0. The van der Waals surface area contributed by atoms with Crippen LogP contribution in [-0.2, 0) is 0 Å². The van der Waals surface area contributed by atoms with E-state index in [1.165, 1.54) is 0 Å². The summed E-state index contributed by atoms with van der Waals surface area (Å²) in [5.74, 6) is 0. The molecular formula is C10H8N4. The van der Waals surface area contributed by atoms with Gasteiger partial charge in [-0.2, -0.15) is 10.2 Å². The van der Waals surface area contributed by atoms with Gasteiger partial charge in [-0.1, -0.05) is 18.2 Å². The first kappa shape index (κ1) is 7.32. The molecule has 0 saturated heterocycles. The Bertz CT molecular complexity index is 517. The summed E-state index contributed by atoms with van der Waals surface area (Å²) >= 11 is 0. The van der Waals surface area contributed by atoms with Gasteiger partial charge in [0.05, 0.1) is 11.7 Å². The second-order valence-electron chi connectivity index (χ2n) is 3.09. The lowest BCUT2D eigenvalue weighted by Crippen LogP contribution is -1.90. The average Bonchev–Trinajstić information content (AvgIpc) is 2.86. The minimum atomic E-state index is 0.946. The van der Waals surface area contributed by atoms with E-state index in [0.717, 1.165) is 16.6 Å². The van der Waals surface area contributed by atoms with Crippen LogP contribution in [0, 0.1) is 0 Å². The molecule has 3 aromatic rings. The van der Waals surface area contributed by atoms with Crippen molar-refractivity contribution in [1.29, 1.82) is 0 Å². The van der Waals surface area contributed by atoms with Crippen molar-refractivity contribution < 1.29 is 0 Å². The lowest BCUT2D eigenvalue weighted by Gasteiger charge is -1.91. The van der Waals surface area contributed by atoms with Crippen LogP contribution in [-0.4, -0.2) is 20.0 Å². The fraction of sp³-hybridized carbons (Fsp3) is 0. The Kier molecular flexibility index (Phi) is 1.41. The molecule has 1 aromatic carbocycles. The van der Waals surface area contributed by atoms with Gasteiger partial charge in [-0.25, -0.2) is 4.68 Å². The van der Waals surface area contributed by atoms with E-state index in [-0.39, 0.29) is 0 Å². The Morgan fingerprint density at radius 3 is 2.93 bits per heavy atom. The number of aromatic nitrogens is 4. The molecule has 4 heteroatoms. The predicted molar refractivity (Wildman–Crippen MR) is 53.2 cm³/mol. The standard InChI is InChI=1S/C10H8N4/c1-2-4-10-8(3-1)7-14(13-10)9-5-11-12-6-9/h1-7H,(H,11,12). The van der Waals surface area contributed by atoms with E-state index in [4.69, 9.17) is 0 Å². The van der Waals surface area contributed by atoms with Gasteiger partial charge < -0.3 is 0 Å². The zero-order valence-electron chi connectivity index (χ0n) is 7.38. The smallest absolute Gasteiger partial charge is 0.102 e. The summed E-state index contributed by atoms with van der Waals surface area (Å²) in [6.45, 7) is 0. The zero-order valence-corrected chi connectivity index (χ0v) is 7.38. The van der Waals surface area contributed by atoms with Gasteiger partial charge in [0, 0.05) is 17.8 Å². The van der Waals surface area contributed by atoms with E-state index in [0.29, 0.717) is 0 Å². The van der Waals surface area contributed by atoms with Gasteiger partial charge in [0.15, 0.2) is 0 Å². The van der Waals surface area contributed by atoms with E-state index in [2.05, 4.69) is 15.3 Å². The van der Waals surface area contributed by atoms with Crippen LogP contribution in [0.1, 0.15) is 0 Å². The van der Waals surface area contributed by atoms with Crippen molar-refractivity contribution in [3.8, 4) is 5.69 Å². The molecule has 0 bridgehead atoms. The van der Waals surface area contributed by atoms with Crippen LogP contribution in [0.2, 0.25) is 0 Å². The van der Waals surface area contributed by atoms with Gasteiger partial charge in [0.25, 0.3) is 0 Å². The summed E-state index contributed by atoms with van der Waals surface area (Å²) in [7, 11) is 0. The topological polar surface area (TPSA) is 46.5 Å². The van der Waals surface area contributed by atoms with E-state index in [1.54, 1.807) is 6.20 Å². The lowest BCUT2D eigenvalue weighted by atomic mass is 10.3. The summed E-state index contributed by atoms with van der Waals surface area (Å²) in [5.41, 5.74) is 1.94. The molecular weight excluding hydrogens is 176 g/mol. The van der Waals surface area contributed by atoms with Crippen molar-refractivity contribution in [2.24, 2.45) is 0 Å². The zero-order chi connectivity index (χ0) is 9.38. The third kappa shape index (κ3) is 1.01. The molecule has 1 N–H and O–H groups in total. The van der Waals surface area contributed by atoms with Gasteiger partial charge in [0.2, 0.25) is 0 Å². The SMILES string of the molecule is c1ccc2nn(-c3cn[nH]c3)cc2c1. The van der Waals surface area contributed by atoms with Crippen molar-refractivity contribution >= 4 is 10.9 Å². The van der Waals surface area contributed by atoms with Crippen molar-refractivity contribution in [2.75, 3.05) is 0 Å². The lowest BCUT2D eigenvalue weighted by molar-refractivity contribution is 0.897. The van der Waals surface area contributed by atoms with Crippen molar-refractivity contribution in [1.82, 2.24) is 20.0 Å². The molecule has 0 radical (unpaired) electrons. The number of fused-ring (bicyclic) bond motifs is 1. The normalized spacial score (nSPS) is 10.9. The van der Waals surface area contributed by atoms with Gasteiger partial charge in [-0.05, 0) is 6.07 Å². The summed E-state index contributed by atoms with van der Waals surface area (Å²) in [6, 6.07) is 8.02. The number of hydrogen-bond acceptors (Lipinski definition) is 2. The van der Waals surface area contributed by atoms with E-state index >= 15 is 0 Å². The van der Waals surface area contributed by atoms with Crippen LogP contribution >= 0.6 is 0 Å². The van der Waals surface area contributed by atoms with Crippen molar-refractivity contribution in [2.45, 2.75) is 0 Å². The van der Waals surface area contributed by atoms with E-state index in [1.807, 2.05) is 41.3 Å². The Balaban J connectivity index is 2.24. The first-order valence-electron chi connectivity index (χ1n) is 4.37. The van der Waals surface area contributed by atoms with Crippen molar-refractivity contribution in [3.63, 3.8) is 0 Å². The number of aromatic amines is 1. The highest BCUT2D eigenvalue weighted by Crippen LogP contribution is 2.13. The maximum absolute atomic E-state index is 4.41. The Labute approximate surface area is 80.2 Å². The summed E-state index contributed by atoms with van der Waals surface area (Å²) in [6.07, 6.45) is 5.54. The van der Waals surface area contributed by atoms with Crippen LogP contribution in [0.15, 0.2) is 42.9 Å². The predicted octanol–water partition coefficient (Wildman–Crippen LogP) is 1.75. The minimum absolute atomic E-state index is 0.946. The monoisotopic (exact) mass is 184 g/mol. The molecule has 2 aromatic heterocycles. The highest BCUT2D eigenvalue weighted by atomic mass is 15.3. The van der Waals surface area contributed by atoms with Gasteiger partial charge in [0.1, 0.15) is 5.69 Å². The van der Waals surface area contributed by atoms with Crippen LogP contribution in [0.5, 0.6) is 0 Å². The molecule has 0 atom stereocenters. The molecule has 0 fully saturated rings. The molecule has 2 heterocycles. The first-order chi connectivity index (χ1) is 6.93. The maximum atomic E-state index is 4.41. The second kappa shape index (κ2) is 2.70. The Morgan fingerprint density at radius 1 is 1.21 bits per heavy atom. The molecule has 0 aliphatic heterocycles. The number of hydrogen-bond donors (Lipinski definition) is 1. The molecule has 0 amide bonds. The van der Waals surface area contributed by atoms with Crippen molar-refractivity contribution in [3.05, 3.63) is 42.9 Å². The molecule has 0 aliphatic rings. The molecule has 14 heavy (non-hydrogen) atoms. The van der Waals surface area contributed by atoms with Gasteiger partial charge in [-0.15, -0.1) is 0 Å². The highest BCUT2D eigenvalue weighted by molar-refractivity contribution is 5.78.